The SMILES string of the molecule is CN(C)C1(c2cccs2)CCC(NC(=O)CCC(=O)c2ccc(F)cc2)CC1. The molecule has 1 aromatic carbocycles. The standard InChI is InChI=1S/C22H27FN2O2S/c1-25(2)22(20-4-3-15-28-20)13-11-18(12-14-22)24-21(27)10-9-19(26)16-5-7-17(23)8-6-16/h3-8,15,18H,9-14H2,1-2H3,(H,24,27). The highest BCUT2D eigenvalue weighted by Gasteiger charge is 2.39. The van der Waals surface area contributed by atoms with Crippen LogP contribution in [0.3, 0.4) is 0 Å². The summed E-state index contributed by atoms with van der Waals surface area (Å²) in [6, 6.07) is 9.90. The monoisotopic (exact) mass is 402 g/mol. The van der Waals surface area contributed by atoms with Gasteiger partial charge in [-0.05, 0) is 75.5 Å². The number of nitrogens with one attached hydrogen (secondary N) is 1. The number of nitrogens with zero attached hydrogens (tertiary/aromatic N) is 1. The molecule has 6 heteroatoms. The Morgan fingerprint density at radius 3 is 2.39 bits per heavy atom. The molecule has 150 valence electrons. The van der Waals surface area contributed by atoms with E-state index >= 15 is 0 Å². The molecule has 4 nitrogen and oxygen atoms in total. The summed E-state index contributed by atoms with van der Waals surface area (Å²) in [5.74, 6) is -0.597. The van der Waals surface area contributed by atoms with Crippen molar-refractivity contribution in [3.63, 3.8) is 0 Å². The summed E-state index contributed by atoms with van der Waals surface area (Å²) < 4.78 is 12.9. The van der Waals surface area contributed by atoms with Crippen LogP contribution >= 0.6 is 11.3 Å². The third-order valence-corrected chi connectivity index (χ3v) is 6.82. The maximum absolute atomic E-state index is 12.9. The lowest BCUT2D eigenvalue weighted by Crippen LogP contribution is -2.48. The Balaban J connectivity index is 1.48. The largest absolute Gasteiger partial charge is 0.353 e. The molecule has 1 fully saturated rings. The molecule has 1 heterocycles. The number of hydrogen-bond acceptors (Lipinski definition) is 4. The second-order valence-electron chi connectivity index (χ2n) is 7.68. The number of thiophene rings is 1. The van der Waals surface area contributed by atoms with Crippen molar-refractivity contribution in [2.24, 2.45) is 0 Å². The molecular formula is C22H27FN2O2S. The van der Waals surface area contributed by atoms with E-state index in [2.05, 4.69) is 41.8 Å². The number of Topliss-reactive ketones (excluding diaryl/α,β-unsaturated/α-hetero) is 1. The van der Waals surface area contributed by atoms with E-state index in [1.165, 1.54) is 29.1 Å². The molecule has 1 saturated carbocycles. The maximum atomic E-state index is 12.9. The van der Waals surface area contributed by atoms with E-state index in [1.807, 2.05) is 0 Å². The Hall–Kier alpha value is -2.05. The third kappa shape index (κ3) is 4.67. The van der Waals surface area contributed by atoms with Crippen LogP contribution in [0.1, 0.15) is 53.8 Å². The van der Waals surface area contributed by atoms with Gasteiger partial charge in [0, 0.05) is 29.3 Å². The van der Waals surface area contributed by atoms with E-state index in [0.29, 0.717) is 5.56 Å². The Morgan fingerprint density at radius 2 is 1.82 bits per heavy atom. The second kappa shape index (κ2) is 8.97. The van der Waals surface area contributed by atoms with Crippen molar-refractivity contribution >= 4 is 23.0 Å². The first-order valence-corrected chi connectivity index (χ1v) is 10.6. The average Bonchev–Trinajstić information content (AvgIpc) is 3.22. The predicted octanol–water partition coefficient (Wildman–Crippen LogP) is 4.37. The van der Waals surface area contributed by atoms with Crippen LogP contribution in [0, 0.1) is 5.82 Å². The lowest BCUT2D eigenvalue weighted by Gasteiger charge is -2.44. The Kier molecular flexibility index (Phi) is 6.62. The van der Waals surface area contributed by atoms with E-state index < -0.39 is 0 Å². The number of amides is 1. The molecule has 1 aromatic heterocycles. The van der Waals surface area contributed by atoms with E-state index in [1.54, 1.807) is 11.3 Å². The van der Waals surface area contributed by atoms with Crippen LogP contribution in [0.2, 0.25) is 0 Å². The number of carbonyl (C=O) groups is 2. The van der Waals surface area contributed by atoms with Crippen molar-refractivity contribution in [3.05, 3.63) is 58.0 Å². The molecule has 0 radical (unpaired) electrons. The minimum Gasteiger partial charge on any atom is -0.353 e. The van der Waals surface area contributed by atoms with Gasteiger partial charge in [-0.1, -0.05) is 6.07 Å². The van der Waals surface area contributed by atoms with Crippen molar-refractivity contribution in [1.82, 2.24) is 10.2 Å². The summed E-state index contributed by atoms with van der Waals surface area (Å²) in [5, 5.41) is 5.21. The van der Waals surface area contributed by atoms with Crippen LogP contribution in [0.25, 0.3) is 0 Å². The van der Waals surface area contributed by atoms with E-state index in [0.717, 1.165) is 25.7 Å². The van der Waals surface area contributed by atoms with Gasteiger partial charge in [0.25, 0.3) is 0 Å². The molecule has 28 heavy (non-hydrogen) atoms. The lowest BCUT2D eigenvalue weighted by atomic mass is 9.77. The highest BCUT2D eigenvalue weighted by Crippen LogP contribution is 2.42. The van der Waals surface area contributed by atoms with Gasteiger partial charge in [-0.25, -0.2) is 4.39 Å². The summed E-state index contributed by atoms with van der Waals surface area (Å²) in [7, 11) is 4.25. The van der Waals surface area contributed by atoms with Crippen molar-refractivity contribution in [2.45, 2.75) is 50.1 Å². The van der Waals surface area contributed by atoms with Crippen LogP contribution in [-0.4, -0.2) is 36.7 Å². The average molecular weight is 403 g/mol. The van der Waals surface area contributed by atoms with Crippen LogP contribution in [-0.2, 0) is 10.3 Å². The van der Waals surface area contributed by atoms with Crippen LogP contribution in [0.5, 0.6) is 0 Å². The zero-order valence-electron chi connectivity index (χ0n) is 16.4. The fraction of sp³-hybridized carbons (Fsp3) is 0.455. The van der Waals surface area contributed by atoms with Gasteiger partial charge in [-0.2, -0.15) is 0 Å². The summed E-state index contributed by atoms with van der Waals surface area (Å²) in [4.78, 5) is 28.1. The molecule has 0 unspecified atom stereocenters. The van der Waals surface area contributed by atoms with Gasteiger partial charge in [-0.3, -0.25) is 14.5 Å². The van der Waals surface area contributed by atoms with Crippen LogP contribution < -0.4 is 5.32 Å². The fourth-order valence-corrected chi connectivity index (χ4v) is 5.07. The number of ketones is 1. The first-order valence-electron chi connectivity index (χ1n) is 9.70. The van der Waals surface area contributed by atoms with E-state index in [4.69, 9.17) is 0 Å². The molecule has 3 rings (SSSR count). The van der Waals surface area contributed by atoms with E-state index in [-0.39, 0.29) is 41.9 Å². The summed E-state index contributed by atoms with van der Waals surface area (Å²) in [5.41, 5.74) is 0.493. The van der Waals surface area contributed by atoms with Gasteiger partial charge >= 0.3 is 0 Å². The van der Waals surface area contributed by atoms with Gasteiger partial charge < -0.3 is 5.32 Å². The Bertz CT molecular complexity index is 794. The molecule has 1 amide bonds. The first-order chi connectivity index (χ1) is 13.4. The zero-order chi connectivity index (χ0) is 20.1. The van der Waals surface area contributed by atoms with Gasteiger partial charge in [-0.15, -0.1) is 11.3 Å². The van der Waals surface area contributed by atoms with Crippen LogP contribution in [0.15, 0.2) is 41.8 Å². The Labute approximate surface area is 169 Å². The third-order valence-electron chi connectivity index (χ3n) is 5.76. The molecule has 0 saturated heterocycles. The van der Waals surface area contributed by atoms with E-state index in [9.17, 15) is 14.0 Å². The lowest BCUT2D eigenvalue weighted by molar-refractivity contribution is -0.122. The number of benzene rings is 1. The molecule has 1 aliphatic rings. The number of halogens is 1. The topological polar surface area (TPSA) is 49.4 Å². The quantitative estimate of drug-likeness (QED) is 0.700. The molecule has 0 bridgehead atoms. The zero-order valence-corrected chi connectivity index (χ0v) is 17.2. The molecule has 2 aromatic rings. The van der Waals surface area contributed by atoms with Gasteiger partial charge in [0.1, 0.15) is 5.82 Å². The molecule has 0 atom stereocenters. The number of carbonyl (C=O) groups excluding carboxylic acids is 2. The number of hydrogen-bond donors (Lipinski definition) is 1. The van der Waals surface area contributed by atoms with Gasteiger partial charge in [0.15, 0.2) is 5.78 Å². The number of rotatable bonds is 7. The Morgan fingerprint density at radius 1 is 1.14 bits per heavy atom. The maximum Gasteiger partial charge on any atom is 0.220 e. The molecule has 1 aliphatic carbocycles. The smallest absolute Gasteiger partial charge is 0.220 e. The second-order valence-corrected chi connectivity index (χ2v) is 8.62. The first kappa shape index (κ1) is 20.7. The summed E-state index contributed by atoms with van der Waals surface area (Å²) >= 11 is 1.79. The molecule has 0 spiro atoms. The van der Waals surface area contributed by atoms with Crippen molar-refractivity contribution < 1.29 is 14.0 Å². The highest BCUT2D eigenvalue weighted by atomic mass is 32.1. The van der Waals surface area contributed by atoms with Crippen molar-refractivity contribution in [2.75, 3.05) is 14.1 Å². The van der Waals surface area contributed by atoms with Crippen molar-refractivity contribution in [3.8, 4) is 0 Å². The summed E-state index contributed by atoms with van der Waals surface area (Å²) in [6.45, 7) is 0. The van der Waals surface area contributed by atoms with Crippen molar-refractivity contribution in [1.29, 1.82) is 0 Å². The predicted molar refractivity (Wildman–Crippen MR) is 110 cm³/mol. The highest BCUT2D eigenvalue weighted by molar-refractivity contribution is 7.10. The van der Waals surface area contributed by atoms with Gasteiger partial charge in [0.05, 0.1) is 5.54 Å². The summed E-state index contributed by atoms with van der Waals surface area (Å²) in [6.07, 6.45) is 4.15. The molecule has 1 N–H and O–H groups in total. The van der Waals surface area contributed by atoms with Gasteiger partial charge in [0.2, 0.25) is 5.91 Å². The normalized spacial score (nSPS) is 22.2. The fourth-order valence-electron chi connectivity index (χ4n) is 4.00. The minimum atomic E-state index is -0.372. The minimum absolute atomic E-state index is 0.0495. The van der Waals surface area contributed by atoms with Crippen LogP contribution in [0.4, 0.5) is 4.39 Å². The molecule has 0 aliphatic heterocycles. The molecular weight excluding hydrogens is 375 g/mol.